The van der Waals surface area contributed by atoms with Gasteiger partial charge in [0.05, 0.1) is 16.9 Å². The molecule has 1 fully saturated rings. The zero-order valence-electron chi connectivity index (χ0n) is 16.6. The third kappa shape index (κ3) is 4.18. The van der Waals surface area contributed by atoms with Crippen molar-refractivity contribution < 1.29 is 19.2 Å². The van der Waals surface area contributed by atoms with Gasteiger partial charge >= 0.3 is 0 Å². The summed E-state index contributed by atoms with van der Waals surface area (Å²) in [6, 6.07) is 10.3. The lowest BCUT2D eigenvalue weighted by molar-refractivity contribution is -0.154. The van der Waals surface area contributed by atoms with E-state index in [2.05, 4.69) is 0 Å². The molecule has 0 bridgehead atoms. The van der Waals surface area contributed by atoms with Crippen LogP contribution >= 0.6 is 34.8 Å². The Bertz CT molecular complexity index is 1120. The molecule has 2 aromatic rings. The van der Waals surface area contributed by atoms with Gasteiger partial charge in [-0.25, -0.2) is 5.01 Å². The molecule has 0 N–H and O–H groups in total. The Morgan fingerprint density at radius 1 is 0.875 bits per heavy atom. The zero-order chi connectivity index (χ0) is 23.0. The Morgan fingerprint density at radius 2 is 1.44 bits per heavy atom. The van der Waals surface area contributed by atoms with E-state index in [4.69, 9.17) is 34.8 Å². The lowest BCUT2D eigenvalue weighted by Crippen LogP contribution is -2.52. The van der Waals surface area contributed by atoms with Crippen LogP contribution in [0.2, 0.25) is 15.1 Å². The van der Waals surface area contributed by atoms with Crippen LogP contribution in [0.4, 0.5) is 0 Å². The van der Waals surface area contributed by atoms with E-state index in [0.717, 1.165) is 10.0 Å². The monoisotopic (exact) mass is 490 g/mol. The number of hydrogen-bond acceptors (Lipinski definition) is 4. The zero-order valence-corrected chi connectivity index (χ0v) is 18.9. The summed E-state index contributed by atoms with van der Waals surface area (Å²) >= 11 is 18.0. The SMILES string of the molecule is O=C(CN(C(=O)c1ccc(Cl)cc1)N1C(=O)[C@H]2CC=CC[C@@H]2C1=O)c1ccc(Cl)cc1Cl. The third-order valence-corrected chi connectivity index (χ3v) is 6.38. The number of amides is 3. The quantitative estimate of drug-likeness (QED) is 0.341. The van der Waals surface area contributed by atoms with Crippen LogP contribution in [-0.4, -0.2) is 40.1 Å². The number of hydrazine groups is 1. The second-order valence-corrected chi connectivity index (χ2v) is 8.84. The average molecular weight is 492 g/mol. The molecule has 1 aliphatic heterocycles. The van der Waals surface area contributed by atoms with E-state index >= 15 is 0 Å². The number of hydrogen-bond donors (Lipinski definition) is 0. The molecule has 164 valence electrons. The number of halogens is 3. The highest BCUT2D eigenvalue weighted by molar-refractivity contribution is 6.37. The first-order valence-corrected chi connectivity index (χ1v) is 11.0. The molecule has 0 radical (unpaired) electrons. The van der Waals surface area contributed by atoms with Crippen LogP contribution < -0.4 is 0 Å². The molecule has 9 heteroatoms. The molecule has 2 aromatic carbocycles. The molecule has 0 aromatic heterocycles. The van der Waals surface area contributed by atoms with Crippen molar-refractivity contribution in [3.05, 3.63) is 80.8 Å². The Kier molecular flexibility index (Phi) is 6.38. The van der Waals surface area contributed by atoms with Gasteiger partial charge in [-0.2, -0.15) is 5.01 Å². The minimum atomic E-state index is -0.673. The number of carbonyl (C=O) groups excluding carboxylic acids is 4. The summed E-state index contributed by atoms with van der Waals surface area (Å²) in [4.78, 5) is 52.6. The lowest BCUT2D eigenvalue weighted by atomic mass is 9.85. The van der Waals surface area contributed by atoms with Crippen LogP contribution in [0.15, 0.2) is 54.6 Å². The van der Waals surface area contributed by atoms with Crippen molar-refractivity contribution in [2.24, 2.45) is 11.8 Å². The van der Waals surface area contributed by atoms with Crippen molar-refractivity contribution in [1.29, 1.82) is 0 Å². The molecule has 0 unspecified atom stereocenters. The molecule has 1 heterocycles. The summed E-state index contributed by atoms with van der Waals surface area (Å²) in [5, 5.41) is 2.60. The second-order valence-electron chi connectivity index (χ2n) is 7.56. The molecular weight excluding hydrogens is 475 g/mol. The number of Topliss-reactive ketones (excluding diaryl/α,β-unsaturated/α-hetero) is 1. The minimum absolute atomic E-state index is 0.110. The number of nitrogens with zero attached hydrogens (tertiary/aromatic N) is 2. The van der Waals surface area contributed by atoms with Gasteiger partial charge in [-0.05, 0) is 55.3 Å². The highest BCUT2D eigenvalue weighted by Crippen LogP contribution is 2.36. The summed E-state index contributed by atoms with van der Waals surface area (Å²) < 4.78 is 0. The lowest BCUT2D eigenvalue weighted by Gasteiger charge is -2.30. The summed E-state index contributed by atoms with van der Waals surface area (Å²) in [5.41, 5.74) is 0.307. The number of carbonyl (C=O) groups is 4. The van der Waals surface area contributed by atoms with E-state index in [0.29, 0.717) is 22.9 Å². The maximum Gasteiger partial charge on any atom is 0.273 e. The normalized spacial score (nSPS) is 19.8. The minimum Gasteiger partial charge on any atom is -0.292 e. The van der Waals surface area contributed by atoms with Crippen molar-refractivity contribution in [3.8, 4) is 0 Å². The van der Waals surface area contributed by atoms with Gasteiger partial charge in [0.2, 0.25) is 0 Å². The van der Waals surface area contributed by atoms with Crippen molar-refractivity contribution in [3.63, 3.8) is 0 Å². The molecule has 0 saturated carbocycles. The predicted molar refractivity (Wildman–Crippen MR) is 120 cm³/mol. The number of benzene rings is 2. The third-order valence-electron chi connectivity index (χ3n) is 5.58. The molecule has 32 heavy (non-hydrogen) atoms. The van der Waals surface area contributed by atoms with Gasteiger partial charge in [0.15, 0.2) is 5.78 Å². The van der Waals surface area contributed by atoms with Crippen molar-refractivity contribution in [1.82, 2.24) is 10.0 Å². The highest BCUT2D eigenvalue weighted by atomic mass is 35.5. The first-order valence-electron chi connectivity index (χ1n) is 9.86. The van der Waals surface area contributed by atoms with Crippen LogP contribution in [0.5, 0.6) is 0 Å². The van der Waals surface area contributed by atoms with Crippen molar-refractivity contribution in [2.75, 3.05) is 6.54 Å². The summed E-state index contributed by atoms with van der Waals surface area (Å²) in [6.45, 7) is -0.548. The maximum atomic E-state index is 13.4. The van der Waals surface area contributed by atoms with E-state index in [1.165, 1.54) is 42.5 Å². The molecule has 6 nitrogen and oxygen atoms in total. The standard InChI is InChI=1S/C23H17Cl3N2O4/c24-14-7-5-13(6-8-14)21(30)27(12-20(29)18-10-9-15(25)11-19(18)26)28-22(31)16-3-1-2-4-17(16)23(28)32/h1-2,5-11,16-17H,3-4,12H2/t16-,17-/m0/s1. The fourth-order valence-electron chi connectivity index (χ4n) is 3.93. The van der Waals surface area contributed by atoms with Gasteiger partial charge in [-0.3, -0.25) is 19.2 Å². The fraction of sp³-hybridized carbons (Fsp3) is 0.217. The van der Waals surface area contributed by atoms with Gasteiger partial charge in [0, 0.05) is 21.2 Å². The van der Waals surface area contributed by atoms with E-state index < -0.39 is 41.9 Å². The molecule has 1 aliphatic carbocycles. The van der Waals surface area contributed by atoms with Gasteiger partial charge in [-0.1, -0.05) is 47.0 Å². The molecule has 0 spiro atoms. The summed E-state index contributed by atoms with van der Waals surface area (Å²) in [6.07, 6.45) is 4.51. The topological polar surface area (TPSA) is 74.8 Å². The maximum absolute atomic E-state index is 13.4. The number of allylic oxidation sites excluding steroid dienone is 2. The van der Waals surface area contributed by atoms with Gasteiger partial charge in [0.25, 0.3) is 17.7 Å². The smallest absolute Gasteiger partial charge is 0.273 e. The van der Waals surface area contributed by atoms with Crippen molar-refractivity contribution in [2.45, 2.75) is 12.8 Å². The van der Waals surface area contributed by atoms with Gasteiger partial charge in [-0.15, -0.1) is 0 Å². The van der Waals surface area contributed by atoms with Crippen molar-refractivity contribution >= 4 is 58.3 Å². The first-order chi connectivity index (χ1) is 15.3. The van der Waals surface area contributed by atoms with Crippen LogP contribution in [0.25, 0.3) is 0 Å². The Morgan fingerprint density at radius 3 is 2.00 bits per heavy atom. The van der Waals surface area contributed by atoms with E-state index in [1.54, 1.807) is 0 Å². The van der Waals surface area contributed by atoms with Crippen LogP contribution in [0.3, 0.4) is 0 Å². The molecule has 3 amide bonds. The molecular formula is C23H17Cl3N2O4. The first kappa shape index (κ1) is 22.5. The highest BCUT2D eigenvalue weighted by Gasteiger charge is 2.51. The number of rotatable bonds is 5. The van der Waals surface area contributed by atoms with Crippen LogP contribution in [0, 0.1) is 11.8 Å². The summed E-state index contributed by atoms with van der Waals surface area (Å²) in [7, 11) is 0. The van der Waals surface area contributed by atoms with E-state index in [-0.39, 0.29) is 16.1 Å². The molecule has 4 rings (SSSR count). The summed E-state index contributed by atoms with van der Waals surface area (Å²) in [5.74, 6) is -3.32. The average Bonchev–Trinajstić information content (AvgIpc) is 3.02. The number of ketones is 1. The predicted octanol–water partition coefficient (Wildman–Crippen LogP) is 4.84. The fourth-order valence-corrected chi connectivity index (χ4v) is 4.57. The Labute approximate surface area is 199 Å². The van der Waals surface area contributed by atoms with E-state index in [9.17, 15) is 19.2 Å². The molecule has 1 saturated heterocycles. The largest absolute Gasteiger partial charge is 0.292 e. The number of imide groups is 1. The van der Waals surface area contributed by atoms with E-state index in [1.807, 2.05) is 12.2 Å². The Hall–Kier alpha value is -2.67. The Balaban J connectivity index is 1.70. The van der Waals surface area contributed by atoms with Gasteiger partial charge < -0.3 is 0 Å². The number of fused-ring (bicyclic) bond motifs is 1. The second kappa shape index (κ2) is 9.06. The van der Waals surface area contributed by atoms with Crippen LogP contribution in [-0.2, 0) is 9.59 Å². The molecule has 2 aliphatic rings. The van der Waals surface area contributed by atoms with Crippen LogP contribution in [0.1, 0.15) is 33.6 Å². The van der Waals surface area contributed by atoms with Gasteiger partial charge in [0.1, 0.15) is 6.54 Å². The molecule has 2 atom stereocenters.